The molecule has 0 fully saturated rings. The molecule has 0 aliphatic rings. The van der Waals surface area contributed by atoms with Gasteiger partial charge in [0, 0.05) is 12.8 Å². The fourth-order valence-corrected chi connectivity index (χ4v) is 11.8. The highest BCUT2D eigenvalue weighted by Gasteiger charge is 2.30. The summed E-state index contributed by atoms with van der Waals surface area (Å²) in [7, 11) is 1.52. The molecule has 0 radical (unpaired) electrons. The number of unbranched alkanes of at least 4 members (excludes halogenated alkanes) is 49. The first-order valence-corrected chi connectivity index (χ1v) is 37.7. The first-order chi connectivity index (χ1) is 39.9. The maximum absolute atomic E-state index is 13.6. The minimum atomic E-state index is -4.45. The molecule has 0 aliphatic carbocycles. The van der Waals surface area contributed by atoms with Gasteiger partial charge in [-0.3, -0.25) is 18.6 Å². The number of rotatable bonds is 67. The molecule has 0 heterocycles. The largest absolute Gasteiger partial charge is 0.472 e. The smallest absolute Gasteiger partial charge is 0.456 e. The number of phosphoric ester groups is 1. The van der Waals surface area contributed by atoms with Crippen LogP contribution >= 0.6 is 7.82 Å². The van der Waals surface area contributed by atoms with E-state index in [1.54, 1.807) is 0 Å². The van der Waals surface area contributed by atoms with Crippen molar-refractivity contribution in [3.63, 3.8) is 0 Å². The van der Waals surface area contributed by atoms with E-state index in [0.29, 0.717) is 23.9 Å². The highest BCUT2D eigenvalue weighted by molar-refractivity contribution is 7.47. The van der Waals surface area contributed by atoms with Gasteiger partial charge in [0.15, 0.2) is 0 Å². The van der Waals surface area contributed by atoms with Crippen molar-refractivity contribution in [2.45, 2.75) is 386 Å². The first kappa shape index (κ1) is 80.5. The molecule has 0 aliphatic heterocycles. The SMILES string of the molecule is CCCCCCCC/C=C/CCCCCCCCCCCCCCCC(=O)NC(COP(=O)(O)OCC[N+](C)(C)C)C(/C=C/CCCCCCCCCCCC)OC(=O)CCCCCCCCCCCCCCCCCCCCCCC. The number of nitrogens with one attached hydrogen (secondary N) is 1. The van der Waals surface area contributed by atoms with Crippen LogP contribution in [-0.4, -0.2) is 74.3 Å². The summed E-state index contributed by atoms with van der Waals surface area (Å²) in [6.45, 7) is 7.08. The highest BCUT2D eigenvalue weighted by atomic mass is 31.2. The predicted molar refractivity (Wildman–Crippen MR) is 356 cm³/mol. The number of hydrogen-bond donors (Lipinski definition) is 2. The van der Waals surface area contributed by atoms with Crippen LogP contribution in [-0.2, 0) is 27.9 Å². The topological polar surface area (TPSA) is 111 Å². The van der Waals surface area contributed by atoms with E-state index in [4.69, 9.17) is 13.8 Å². The predicted octanol–water partition coefficient (Wildman–Crippen LogP) is 22.9. The van der Waals surface area contributed by atoms with E-state index < -0.39 is 20.0 Å². The number of ether oxygens (including phenoxy) is 1. The molecule has 0 rings (SSSR count). The summed E-state index contributed by atoms with van der Waals surface area (Å²) in [6.07, 6.45) is 76.2. The van der Waals surface area contributed by atoms with Gasteiger partial charge in [-0.2, -0.15) is 0 Å². The Balaban J connectivity index is 5.02. The van der Waals surface area contributed by atoms with Crippen molar-refractivity contribution in [2.24, 2.45) is 0 Å². The van der Waals surface area contributed by atoms with Crippen molar-refractivity contribution >= 4 is 19.7 Å². The number of hydrogen-bond acceptors (Lipinski definition) is 6. The van der Waals surface area contributed by atoms with Crippen LogP contribution in [0, 0.1) is 0 Å². The molecule has 82 heavy (non-hydrogen) atoms. The second-order valence-corrected chi connectivity index (χ2v) is 27.6. The van der Waals surface area contributed by atoms with E-state index in [-0.39, 0.29) is 25.1 Å². The van der Waals surface area contributed by atoms with Crippen molar-refractivity contribution in [3.05, 3.63) is 24.3 Å². The summed E-state index contributed by atoms with van der Waals surface area (Å²) in [4.78, 5) is 37.9. The van der Waals surface area contributed by atoms with Crippen molar-refractivity contribution in [3.8, 4) is 0 Å². The molecule has 3 atom stereocenters. The molecule has 0 aromatic heterocycles. The van der Waals surface area contributed by atoms with E-state index in [1.807, 2.05) is 27.2 Å². The number of likely N-dealkylation sites (N-methyl/N-ethyl adjacent to an activating group) is 1. The fraction of sp³-hybridized carbons (Fsp3) is 0.917. The van der Waals surface area contributed by atoms with Gasteiger partial charge in [-0.05, 0) is 57.4 Å². The maximum Gasteiger partial charge on any atom is 0.472 e. The molecule has 2 N–H and O–H groups in total. The van der Waals surface area contributed by atoms with E-state index in [1.165, 1.54) is 283 Å². The summed E-state index contributed by atoms with van der Waals surface area (Å²) in [6, 6.07) is -0.843. The zero-order valence-electron chi connectivity index (χ0n) is 55.8. The van der Waals surface area contributed by atoms with Gasteiger partial charge in [0.25, 0.3) is 0 Å². The third kappa shape index (κ3) is 63.0. The average Bonchev–Trinajstić information content (AvgIpc) is 3.47. The van der Waals surface area contributed by atoms with Crippen molar-refractivity contribution in [2.75, 3.05) is 40.9 Å². The summed E-state index contributed by atoms with van der Waals surface area (Å²) in [5.41, 5.74) is 0. The lowest BCUT2D eigenvalue weighted by Crippen LogP contribution is -2.47. The van der Waals surface area contributed by atoms with E-state index >= 15 is 0 Å². The van der Waals surface area contributed by atoms with Crippen LogP contribution in [0.3, 0.4) is 0 Å². The zero-order valence-corrected chi connectivity index (χ0v) is 56.7. The Kier molecular flexibility index (Phi) is 61.4. The molecule has 0 bridgehead atoms. The second kappa shape index (κ2) is 62.5. The minimum Gasteiger partial charge on any atom is -0.456 e. The fourth-order valence-electron chi connectivity index (χ4n) is 11.1. The average molecular weight is 1180 g/mol. The number of allylic oxidation sites excluding steroid dienone is 3. The highest BCUT2D eigenvalue weighted by Crippen LogP contribution is 2.43. The zero-order chi connectivity index (χ0) is 60.0. The van der Waals surface area contributed by atoms with Gasteiger partial charge >= 0.3 is 13.8 Å². The summed E-state index contributed by atoms with van der Waals surface area (Å²) in [5.74, 6) is -0.481. The number of carbonyl (C=O) groups excluding carboxylic acids is 2. The standard InChI is InChI=1S/C72H141N2O7P/c1-7-10-13-16-19-22-25-28-30-32-34-36-37-39-40-42-44-46-49-52-55-58-61-64-71(75)73-69(68-80-82(77,78)79-67-66-74(4,5)6)70(63-60-57-54-51-48-27-24-21-18-15-12-9-3)81-72(76)65-62-59-56-53-50-47-45-43-41-38-35-33-31-29-26-23-20-17-14-11-8-2/h28,30,60,63,69-70H,7-27,29,31-59,61-62,64-68H2,1-6H3,(H-,73,75,77,78)/p+1/b30-28+,63-60+. The van der Waals surface area contributed by atoms with E-state index in [9.17, 15) is 19.0 Å². The van der Waals surface area contributed by atoms with Gasteiger partial charge in [-0.15, -0.1) is 0 Å². The second-order valence-electron chi connectivity index (χ2n) is 26.1. The van der Waals surface area contributed by atoms with Crippen LogP contribution in [0.25, 0.3) is 0 Å². The van der Waals surface area contributed by atoms with E-state index in [2.05, 4.69) is 44.3 Å². The molecule has 9 nitrogen and oxygen atoms in total. The minimum absolute atomic E-state index is 0.0445. The Hall–Kier alpha value is -1.51. The first-order valence-electron chi connectivity index (χ1n) is 36.2. The molecule has 3 unspecified atom stereocenters. The molecule has 0 aromatic carbocycles. The Morgan fingerprint density at radius 3 is 1.04 bits per heavy atom. The van der Waals surface area contributed by atoms with Crippen molar-refractivity contribution in [1.29, 1.82) is 0 Å². The maximum atomic E-state index is 13.6. The number of nitrogens with zero attached hydrogens (tertiary/aromatic N) is 1. The van der Waals surface area contributed by atoms with Gasteiger partial charge in [0.2, 0.25) is 5.91 Å². The van der Waals surface area contributed by atoms with Gasteiger partial charge in [-0.25, -0.2) is 4.57 Å². The lowest BCUT2D eigenvalue weighted by molar-refractivity contribution is -0.870. The molecule has 10 heteroatoms. The Morgan fingerprint density at radius 1 is 0.415 bits per heavy atom. The Labute approximate surface area is 511 Å². The monoisotopic (exact) mass is 1180 g/mol. The molecule has 0 saturated heterocycles. The van der Waals surface area contributed by atoms with Crippen LogP contribution in [0.4, 0.5) is 0 Å². The molecule has 0 saturated carbocycles. The number of phosphoric acid groups is 1. The summed E-state index contributed by atoms with van der Waals surface area (Å²) in [5, 5.41) is 3.08. The summed E-state index contributed by atoms with van der Waals surface area (Å²) >= 11 is 0. The normalized spacial score (nSPS) is 13.6. The molecule has 0 spiro atoms. The Morgan fingerprint density at radius 2 is 0.707 bits per heavy atom. The Bertz CT molecular complexity index is 1450. The van der Waals surface area contributed by atoms with Crippen LogP contribution in [0.2, 0.25) is 0 Å². The third-order valence-electron chi connectivity index (χ3n) is 16.6. The number of quaternary nitrogens is 1. The van der Waals surface area contributed by atoms with Crippen LogP contribution < -0.4 is 5.32 Å². The number of carbonyl (C=O) groups is 2. The lowest BCUT2D eigenvalue weighted by atomic mass is 10.0. The van der Waals surface area contributed by atoms with Crippen LogP contribution in [0.5, 0.6) is 0 Å². The lowest BCUT2D eigenvalue weighted by Gasteiger charge is -2.27. The molecular weight excluding hydrogens is 1040 g/mol. The van der Waals surface area contributed by atoms with Gasteiger partial charge < -0.3 is 19.4 Å². The van der Waals surface area contributed by atoms with Crippen molar-refractivity contribution in [1.82, 2.24) is 5.32 Å². The molecule has 1 amide bonds. The quantitative estimate of drug-likeness (QED) is 0.0205. The number of amides is 1. The van der Waals surface area contributed by atoms with Gasteiger partial charge in [-0.1, -0.05) is 328 Å². The molecule has 0 aromatic rings. The van der Waals surface area contributed by atoms with E-state index in [0.717, 1.165) is 57.8 Å². The molecular formula is C72H142N2O7P+. The van der Waals surface area contributed by atoms with Gasteiger partial charge in [0.1, 0.15) is 19.3 Å². The molecule has 486 valence electrons. The third-order valence-corrected chi connectivity index (χ3v) is 17.6. The van der Waals surface area contributed by atoms with Crippen LogP contribution in [0.1, 0.15) is 374 Å². The van der Waals surface area contributed by atoms with Crippen molar-refractivity contribution < 1.29 is 37.3 Å². The number of esters is 1. The van der Waals surface area contributed by atoms with Gasteiger partial charge in [0.05, 0.1) is 33.8 Å². The summed E-state index contributed by atoms with van der Waals surface area (Å²) < 4.78 is 30.9. The van der Waals surface area contributed by atoms with Crippen LogP contribution in [0.15, 0.2) is 24.3 Å².